The number of aromatic nitrogens is 2. The highest BCUT2D eigenvalue weighted by molar-refractivity contribution is 5.97. The normalized spacial score (nSPS) is 14.2. The van der Waals surface area contributed by atoms with Crippen LogP contribution in [0.25, 0.3) is 16.7 Å². The molecule has 1 amide bonds. The lowest BCUT2D eigenvalue weighted by Gasteiger charge is -2.13. The minimum absolute atomic E-state index is 0.0292. The summed E-state index contributed by atoms with van der Waals surface area (Å²) in [4.78, 5) is 17.0. The van der Waals surface area contributed by atoms with E-state index in [2.05, 4.69) is 46.1 Å². The van der Waals surface area contributed by atoms with Gasteiger partial charge in [0.1, 0.15) is 6.33 Å². The first-order valence-corrected chi connectivity index (χ1v) is 9.71. The molecule has 0 atom stereocenters. The molecule has 4 rings (SSSR count). The summed E-state index contributed by atoms with van der Waals surface area (Å²) < 4.78 is 2.06. The second-order valence-corrected chi connectivity index (χ2v) is 7.27. The Morgan fingerprint density at radius 1 is 1.19 bits per heavy atom. The Kier molecular flexibility index (Phi) is 5.05. The zero-order valence-corrected chi connectivity index (χ0v) is 15.7. The molecule has 0 spiro atoms. The Bertz CT molecular complexity index is 1000. The van der Waals surface area contributed by atoms with Crippen molar-refractivity contribution in [3.05, 3.63) is 71.6 Å². The number of carbonyl (C=O) groups is 1. The van der Waals surface area contributed by atoms with Gasteiger partial charge in [-0.3, -0.25) is 9.36 Å². The van der Waals surface area contributed by atoms with Crippen LogP contribution in [0.4, 0.5) is 0 Å². The number of hydrogen-bond acceptors (Lipinski definition) is 2. The smallest absolute Gasteiger partial charge is 0.251 e. The van der Waals surface area contributed by atoms with Gasteiger partial charge in [0.2, 0.25) is 0 Å². The Labute approximate surface area is 159 Å². The van der Waals surface area contributed by atoms with Crippen LogP contribution in [0.1, 0.15) is 48.0 Å². The van der Waals surface area contributed by atoms with Crippen LogP contribution in [-0.4, -0.2) is 22.0 Å². The Morgan fingerprint density at radius 2 is 2.11 bits per heavy atom. The number of amides is 1. The van der Waals surface area contributed by atoms with Crippen LogP contribution in [0.3, 0.4) is 0 Å². The summed E-state index contributed by atoms with van der Waals surface area (Å²) in [5.74, 6) is -0.0292. The van der Waals surface area contributed by atoms with Gasteiger partial charge in [0.25, 0.3) is 5.91 Å². The predicted molar refractivity (Wildman–Crippen MR) is 109 cm³/mol. The summed E-state index contributed by atoms with van der Waals surface area (Å²) in [5.41, 5.74) is 6.26. The number of nitrogens with one attached hydrogen (secondary N) is 1. The third-order valence-electron chi connectivity index (χ3n) is 5.21. The van der Waals surface area contributed by atoms with Gasteiger partial charge in [-0.25, -0.2) is 4.98 Å². The minimum Gasteiger partial charge on any atom is -0.352 e. The highest BCUT2D eigenvalue weighted by Crippen LogP contribution is 2.21. The summed E-state index contributed by atoms with van der Waals surface area (Å²) in [6.45, 7) is 2.77. The first-order valence-electron chi connectivity index (χ1n) is 9.71. The molecule has 4 heteroatoms. The van der Waals surface area contributed by atoms with Crippen molar-refractivity contribution in [1.82, 2.24) is 14.9 Å². The molecule has 0 bridgehead atoms. The molecule has 0 radical (unpaired) electrons. The third kappa shape index (κ3) is 3.95. The maximum Gasteiger partial charge on any atom is 0.251 e. The molecule has 1 heterocycles. The van der Waals surface area contributed by atoms with E-state index in [0.717, 1.165) is 23.1 Å². The number of allylic oxidation sites excluding steroid dienone is 1. The lowest BCUT2D eigenvalue weighted by molar-refractivity contribution is 0.0954. The molecule has 138 valence electrons. The van der Waals surface area contributed by atoms with Gasteiger partial charge in [-0.15, -0.1) is 0 Å². The molecule has 3 aromatic rings. The van der Waals surface area contributed by atoms with Crippen molar-refractivity contribution in [2.24, 2.45) is 0 Å². The van der Waals surface area contributed by atoms with Crippen molar-refractivity contribution >= 4 is 16.9 Å². The molecule has 0 saturated heterocycles. The summed E-state index contributed by atoms with van der Waals surface area (Å²) in [7, 11) is 0. The molecule has 0 aliphatic heterocycles. The SMILES string of the molecule is Cc1cccc(-n2cnc3cc(C(=O)NCCC4=CCCCC4)ccc32)c1. The van der Waals surface area contributed by atoms with Crippen LogP contribution in [0.15, 0.2) is 60.4 Å². The molecule has 1 aliphatic carbocycles. The van der Waals surface area contributed by atoms with Crippen LogP contribution in [0.2, 0.25) is 0 Å². The number of imidazole rings is 1. The van der Waals surface area contributed by atoms with Gasteiger partial charge in [-0.05, 0) is 74.9 Å². The van der Waals surface area contributed by atoms with Crippen molar-refractivity contribution in [3.63, 3.8) is 0 Å². The van der Waals surface area contributed by atoms with Gasteiger partial charge < -0.3 is 5.32 Å². The lowest BCUT2D eigenvalue weighted by Crippen LogP contribution is -2.24. The van der Waals surface area contributed by atoms with Crippen LogP contribution < -0.4 is 5.32 Å². The maximum atomic E-state index is 12.5. The summed E-state index contributed by atoms with van der Waals surface area (Å²) >= 11 is 0. The van der Waals surface area contributed by atoms with E-state index in [4.69, 9.17) is 0 Å². The van der Waals surface area contributed by atoms with Gasteiger partial charge in [-0.1, -0.05) is 23.8 Å². The summed E-state index contributed by atoms with van der Waals surface area (Å²) in [6.07, 6.45) is 10.0. The molecule has 27 heavy (non-hydrogen) atoms. The second kappa shape index (κ2) is 7.78. The molecule has 1 aromatic heterocycles. The van der Waals surface area contributed by atoms with Crippen LogP contribution in [0.5, 0.6) is 0 Å². The Hall–Kier alpha value is -2.88. The standard InChI is InChI=1S/C23H25N3O/c1-17-6-5-9-20(14-17)26-16-25-21-15-19(10-11-22(21)26)23(27)24-13-12-18-7-3-2-4-8-18/h5-7,9-11,14-16H,2-4,8,12-13H2,1H3,(H,24,27). The number of benzene rings is 2. The molecule has 2 aromatic carbocycles. The maximum absolute atomic E-state index is 12.5. The van der Waals surface area contributed by atoms with Crippen molar-refractivity contribution in [2.45, 2.75) is 39.0 Å². The van der Waals surface area contributed by atoms with Gasteiger partial charge in [0.05, 0.1) is 11.0 Å². The Balaban J connectivity index is 1.47. The number of rotatable bonds is 5. The molecule has 4 nitrogen and oxygen atoms in total. The van der Waals surface area contributed by atoms with E-state index in [-0.39, 0.29) is 5.91 Å². The third-order valence-corrected chi connectivity index (χ3v) is 5.21. The lowest BCUT2D eigenvalue weighted by atomic mass is 9.97. The van der Waals surface area contributed by atoms with Gasteiger partial charge in [-0.2, -0.15) is 0 Å². The van der Waals surface area contributed by atoms with Crippen molar-refractivity contribution in [3.8, 4) is 5.69 Å². The largest absolute Gasteiger partial charge is 0.352 e. The van der Waals surface area contributed by atoms with Gasteiger partial charge in [0, 0.05) is 17.8 Å². The molecule has 0 saturated carbocycles. The predicted octanol–water partition coefficient (Wildman–Crippen LogP) is 4.95. The van der Waals surface area contributed by atoms with Crippen LogP contribution in [-0.2, 0) is 0 Å². The van der Waals surface area contributed by atoms with E-state index in [9.17, 15) is 4.79 Å². The van der Waals surface area contributed by atoms with E-state index in [0.29, 0.717) is 12.1 Å². The highest BCUT2D eigenvalue weighted by atomic mass is 16.1. The first kappa shape index (κ1) is 17.5. The number of nitrogens with zero attached hydrogens (tertiary/aromatic N) is 2. The minimum atomic E-state index is -0.0292. The monoisotopic (exact) mass is 359 g/mol. The molecular formula is C23H25N3O. The van der Waals surface area contributed by atoms with E-state index < -0.39 is 0 Å². The van der Waals surface area contributed by atoms with Crippen molar-refractivity contribution in [2.75, 3.05) is 6.54 Å². The average Bonchev–Trinajstić information content (AvgIpc) is 3.12. The van der Waals surface area contributed by atoms with Crippen LogP contribution in [0, 0.1) is 6.92 Å². The molecular weight excluding hydrogens is 334 g/mol. The van der Waals surface area contributed by atoms with Crippen molar-refractivity contribution in [1.29, 1.82) is 0 Å². The first-order chi connectivity index (χ1) is 13.2. The van der Waals surface area contributed by atoms with Crippen molar-refractivity contribution < 1.29 is 4.79 Å². The summed E-state index contributed by atoms with van der Waals surface area (Å²) in [6, 6.07) is 14.0. The zero-order valence-electron chi connectivity index (χ0n) is 15.7. The molecule has 1 aliphatic rings. The number of aryl methyl sites for hydroxylation is 1. The van der Waals surface area contributed by atoms with Crippen LogP contribution >= 0.6 is 0 Å². The van der Waals surface area contributed by atoms with E-state index in [1.54, 1.807) is 0 Å². The van der Waals surface area contributed by atoms with E-state index >= 15 is 0 Å². The average molecular weight is 359 g/mol. The fourth-order valence-corrected chi connectivity index (χ4v) is 3.71. The fraction of sp³-hybridized carbons (Fsp3) is 0.304. The second-order valence-electron chi connectivity index (χ2n) is 7.27. The fourth-order valence-electron chi connectivity index (χ4n) is 3.71. The number of fused-ring (bicyclic) bond motifs is 1. The van der Waals surface area contributed by atoms with E-state index in [1.807, 2.05) is 30.6 Å². The molecule has 1 N–H and O–H groups in total. The highest BCUT2D eigenvalue weighted by Gasteiger charge is 2.11. The number of carbonyl (C=O) groups excluding carboxylic acids is 1. The number of hydrogen-bond donors (Lipinski definition) is 1. The Morgan fingerprint density at radius 3 is 2.93 bits per heavy atom. The topological polar surface area (TPSA) is 46.9 Å². The quantitative estimate of drug-likeness (QED) is 0.655. The van der Waals surface area contributed by atoms with E-state index in [1.165, 1.54) is 36.8 Å². The molecule has 0 unspecified atom stereocenters. The zero-order chi connectivity index (χ0) is 18.6. The van der Waals surface area contributed by atoms with Gasteiger partial charge in [0.15, 0.2) is 0 Å². The molecule has 0 fully saturated rings. The van der Waals surface area contributed by atoms with Gasteiger partial charge >= 0.3 is 0 Å². The summed E-state index contributed by atoms with van der Waals surface area (Å²) in [5, 5.41) is 3.04.